The Hall–Kier alpha value is -3.94. The predicted molar refractivity (Wildman–Crippen MR) is 118 cm³/mol. The van der Waals surface area contributed by atoms with Crippen LogP contribution in [-0.2, 0) is 27.1 Å². The molecule has 0 radical (unpaired) electrons. The quantitative estimate of drug-likeness (QED) is 0.395. The van der Waals surface area contributed by atoms with E-state index in [0.29, 0.717) is 30.1 Å². The Morgan fingerprint density at radius 3 is 2.33 bits per heavy atom. The maximum absolute atomic E-state index is 12.9. The molecule has 0 saturated heterocycles. The second-order valence-corrected chi connectivity index (χ2v) is 6.98. The number of hydrogen-bond acceptors (Lipinski definition) is 5. The van der Waals surface area contributed by atoms with Gasteiger partial charge in [-0.1, -0.05) is 60.7 Å². The zero-order valence-corrected chi connectivity index (χ0v) is 16.8. The molecule has 0 bridgehead atoms. The van der Waals surface area contributed by atoms with Gasteiger partial charge >= 0.3 is 5.69 Å². The first-order valence-electron chi connectivity index (χ1n) is 9.60. The number of nitrogens with one attached hydrogen (secondary N) is 1. The highest BCUT2D eigenvalue weighted by Crippen LogP contribution is 2.17. The zero-order valence-electron chi connectivity index (χ0n) is 16.8. The first-order valence-corrected chi connectivity index (χ1v) is 9.60. The predicted octanol–water partition coefficient (Wildman–Crippen LogP) is 2.12. The van der Waals surface area contributed by atoms with Crippen molar-refractivity contribution < 1.29 is 0 Å². The van der Waals surface area contributed by atoms with Crippen LogP contribution in [0.3, 0.4) is 0 Å². The second-order valence-electron chi connectivity index (χ2n) is 6.98. The molecule has 0 atom stereocenters. The van der Waals surface area contributed by atoms with Crippen molar-refractivity contribution in [3.63, 3.8) is 0 Å². The average molecular weight is 402 g/mol. The fourth-order valence-corrected chi connectivity index (χ4v) is 3.34. The molecule has 0 spiro atoms. The second kappa shape index (κ2) is 8.20. The van der Waals surface area contributed by atoms with E-state index >= 15 is 0 Å². The van der Waals surface area contributed by atoms with Gasteiger partial charge in [-0.05, 0) is 17.5 Å². The summed E-state index contributed by atoms with van der Waals surface area (Å²) in [6.07, 6.45) is 2.38. The normalized spacial score (nSPS) is 11.4. The van der Waals surface area contributed by atoms with E-state index in [1.54, 1.807) is 17.8 Å². The molecule has 2 heterocycles. The first-order chi connectivity index (χ1) is 14.6. The number of benzene rings is 2. The summed E-state index contributed by atoms with van der Waals surface area (Å²) in [5.41, 5.74) is 4.91. The lowest BCUT2D eigenvalue weighted by molar-refractivity contribution is 0.687. The van der Waals surface area contributed by atoms with Crippen LogP contribution in [0.5, 0.6) is 0 Å². The topological polar surface area (TPSA) is 86.2 Å². The number of hydrogen-bond donors (Lipinski definition) is 1. The smallest absolute Gasteiger partial charge is 0.303 e. The lowest BCUT2D eigenvalue weighted by Gasteiger charge is -2.09. The largest absolute Gasteiger partial charge is 0.332 e. The summed E-state index contributed by atoms with van der Waals surface area (Å²) >= 11 is 0. The number of rotatable bonds is 6. The van der Waals surface area contributed by atoms with Crippen molar-refractivity contribution in [1.82, 2.24) is 18.7 Å². The van der Waals surface area contributed by atoms with E-state index in [0.717, 1.165) is 15.7 Å². The number of nitrogens with zero attached hydrogens (tertiary/aromatic N) is 5. The molecule has 30 heavy (non-hydrogen) atoms. The van der Waals surface area contributed by atoms with Crippen LogP contribution in [0.4, 0.5) is 5.95 Å². The number of fused-ring (bicyclic) bond motifs is 1. The van der Waals surface area contributed by atoms with Gasteiger partial charge in [-0.3, -0.25) is 13.9 Å². The summed E-state index contributed by atoms with van der Waals surface area (Å²) in [6.45, 7) is 0.511. The molecule has 0 aliphatic heterocycles. The van der Waals surface area contributed by atoms with Crippen molar-refractivity contribution in [1.29, 1.82) is 0 Å². The van der Waals surface area contributed by atoms with Crippen LogP contribution in [-0.4, -0.2) is 24.9 Å². The van der Waals surface area contributed by atoms with E-state index < -0.39 is 5.69 Å². The third kappa shape index (κ3) is 3.67. The number of aromatic nitrogens is 4. The summed E-state index contributed by atoms with van der Waals surface area (Å²) in [5, 5.41) is 4.27. The molecule has 0 aliphatic carbocycles. The van der Waals surface area contributed by atoms with Crippen molar-refractivity contribution in [3.8, 4) is 0 Å². The lowest BCUT2D eigenvalue weighted by Crippen LogP contribution is -2.37. The van der Waals surface area contributed by atoms with Gasteiger partial charge in [-0.2, -0.15) is 10.1 Å². The third-order valence-corrected chi connectivity index (χ3v) is 4.99. The van der Waals surface area contributed by atoms with E-state index in [4.69, 9.17) is 0 Å². The minimum Gasteiger partial charge on any atom is -0.303 e. The number of aryl methyl sites for hydroxylation is 3. The van der Waals surface area contributed by atoms with Gasteiger partial charge in [0.2, 0.25) is 5.95 Å². The average Bonchev–Trinajstić information content (AvgIpc) is 3.15. The molecule has 2 aromatic heterocycles. The highest BCUT2D eigenvalue weighted by molar-refractivity contribution is 5.80. The molecule has 2 aromatic carbocycles. The van der Waals surface area contributed by atoms with Gasteiger partial charge in [-0.25, -0.2) is 10.2 Å². The summed E-state index contributed by atoms with van der Waals surface area (Å²) in [5.74, 6) is 0.409. The lowest BCUT2D eigenvalue weighted by atomic mass is 10.1. The SMILES string of the molecule is Cn1c(=O)c2c(nc(NN=Cc3ccccc3)n2CCc2ccccc2)n(C)c1=O. The van der Waals surface area contributed by atoms with Crippen LogP contribution < -0.4 is 16.7 Å². The fraction of sp³-hybridized carbons (Fsp3) is 0.182. The van der Waals surface area contributed by atoms with Gasteiger partial charge in [0.25, 0.3) is 5.56 Å². The summed E-state index contributed by atoms with van der Waals surface area (Å²) in [7, 11) is 3.08. The van der Waals surface area contributed by atoms with Crippen LogP contribution in [0.2, 0.25) is 0 Å². The molecule has 1 N–H and O–H groups in total. The van der Waals surface area contributed by atoms with Crippen LogP contribution in [0.25, 0.3) is 11.2 Å². The first kappa shape index (κ1) is 19.4. The van der Waals surface area contributed by atoms with E-state index in [1.165, 1.54) is 11.6 Å². The monoisotopic (exact) mass is 402 g/mol. The summed E-state index contributed by atoms with van der Waals surface area (Å²) in [6, 6.07) is 19.6. The van der Waals surface area contributed by atoms with Gasteiger partial charge in [0.15, 0.2) is 11.2 Å². The van der Waals surface area contributed by atoms with E-state index in [9.17, 15) is 9.59 Å². The minimum absolute atomic E-state index is 0.327. The number of imidazole rings is 1. The Balaban J connectivity index is 1.76. The molecule has 0 amide bonds. The highest BCUT2D eigenvalue weighted by atomic mass is 16.2. The highest BCUT2D eigenvalue weighted by Gasteiger charge is 2.18. The molecule has 0 fully saturated rings. The molecule has 0 aliphatic rings. The molecular weight excluding hydrogens is 380 g/mol. The summed E-state index contributed by atoms with van der Waals surface area (Å²) in [4.78, 5) is 29.7. The van der Waals surface area contributed by atoms with E-state index in [-0.39, 0.29) is 5.56 Å². The van der Waals surface area contributed by atoms with Crippen LogP contribution in [0.1, 0.15) is 11.1 Å². The fourth-order valence-electron chi connectivity index (χ4n) is 3.34. The Morgan fingerprint density at radius 1 is 0.967 bits per heavy atom. The minimum atomic E-state index is -0.417. The van der Waals surface area contributed by atoms with E-state index in [2.05, 4.69) is 15.5 Å². The third-order valence-electron chi connectivity index (χ3n) is 4.99. The maximum Gasteiger partial charge on any atom is 0.332 e. The number of anilines is 1. The Labute approximate surface area is 172 Å². The molecular formula is C22H22N6O2. The van der Waals surface area contributed by atoms with Gasteiger partial charge in [0.1, 0.15) is 0 Å². The molecule has 0 unspecified atom stereocenters. The molecule has 4 aromatic rings. The van der Waals surface area contributed by atoms with Gasteiger partial charge in [0.05, 0.1) is 6.21 Å². The van der Waals surface area contributed by atoms with Crippen molar-refractivity contribution in [2.24, 2.45) is 19.2 Å². The van der Waals surface area contributed by atoms with Crippen LogP contribution in [0.15, 0.2) is 75.4 Å². The Morgan fingerprint density at radius 2 is 1.63 bits per heavy atom. The Bertz CT molecular complexity index is 1320. The molecule has 8 heteroatoms. The molecule has 8 nitrogen and oxygen atoms in total. The van der Waals surface area contributed by atoms with Gasteiger partial charge in [0, 0.05) is 20.6 Å². The zero-order chi connectivity index (χ0) is 21.1. The van der Waals surface area contributed by atoms with Crippen molar-refractivity contribution in [2.45, 2.75) is 13.0 Å². The van der Waals surface area contributed by atoms with E-state index in [1.807, 2.05) is 60.7 Å². The number of hydrazone groups is 1. The molecule has 4 rings (SSSR count). The maximum atomic E-state index is 12.9. The standard InChI is InChI=1S/C22H22N6O2/c1-26-19-18(20(29)27(2)22(26)30)28(14-13-16-9-5-3-6-10-16)21(24-19)25-23-15-17-11-7-4-8-12-17/h3-12,15H,13-14H2,1-2H3,(H,24,25). The van der Waals surface area contributed by atoms with Gasteiger partial charge in [-0.15, -0.1) is 0 Å². The van der Waals surface area contributed by atoms with Crippen LogP contribution >= 0.6 is 0 Å². The van der Waals surface area contributed by atoms with Crippen molar-refractivity contribution >= 4 is 23.3 Å². The Kier molecular flexibility index (Phi) is 5.30. The molecule has 152 valence electrons. The van der Waals surface area contributed by atoms with Crippen LogP contribution in [0, 0.1) is 0 Å². The van der Waals surface area contributed by atoms with Crippen molar-refractivity contribution in [2.75, 3.05) is 5.43 Å². The molecule has 0 saturated carbocycles. The summed E-state index contributed by atoms with van der Waals surface area (Å²) < 4.78 is 4.26. The van der Waals surface area contributed by atoms with Crippen molar-refractivity contribution in [3.05, 3.63) is 92.6 Å². The van der Waals surface area contributed by atoms with Gasteiger partial charge < -0.3 is 4.57 Å².